The predicted molar refractivity (Wildman–Crippen MR) is 80.3 cm³/mol. The first kappa shape index (κ1) is 14.8. The number of anilines is 1. The number of nitrogen functional groups attached to an aromatic ring is 1. The minimum absolute atomic E-state index is 0.0409. The molecule has 1 fully saturated rings. The number of sulfonamides is 1. The molecule has 1 aliphatic rings. The fourth-order valence-electron chi connectivity index (χ4n) is 2.59. The van der Waals surface area contributed by atoms with Gasteiger partial charge in [-0.15, -0.1) is 0 Å². The average Bonchev–Trinajstić information content (AvgIpc) is 2.85. The van der Waals surface area contributed by atoms with Gasteiger partial charge in [0.05, 0.1) is 4.90 Å². The molecule has 1 unspecified atom stereocenters. The highest BCUT2D eigenvalue weighted by molar-refractivity contribution is 9.10. The second-order valence-electron chi connectivity index (χ2n) is 5.14. The van der Waals surface area contributed by atoms with Gasteiger partial charge in [-0.25, -0.2) is 13.1 Å². The van der Waals surface area contributed by atoms with Gasteiger partial charge in [0.1, 0.15) is 0 Å². The summed E-state index contributed by atoms with van der Waals surface area (Å²) in [7, 11) is -3.53. The molecular formula is C13H19BrN2O2S. The summed E-state index contributed by atoms with van der Waals surface area (Å²) >= 11 is 3.26. The van der Waals surface area contributed by atoms with Gasteiger partial charge in [0.15, 0.2) is 0 Å². The maximum atomic E-state index is 12.4. The zero-order valence-electron chi connectivity index (χ0n) is 10.9. The molecule has 0 radical (unpaired) electrons. The molecule has 1 saturated carbocycles. The van der Waals surface area contributed by atoms with Crippen LogP contribution in [0.2, 0.25) is 0 Å². The van der Waals surface area contributed by atoms with E-state index in [4.69, 9.17) is 5.73 Å². The van der Waals surface area contributed by atoms with E-state index in [-0.39, 0.29) is 10.9 Å². The van der Waals surface area contributed by atoms with Gasteiger partial charge < -0.3 is 5.73 Å². The minimum Gasteiger partial charge on any atom is -0.399 e. The summed E-state index contributed by atoms with van der Waals surface area (Å²) in [4.78, 5) is 0.206. The Kier molecular flexibility index (Phi) is 4.53. The normalized spacial score (nSPS) is 18.6. The lowest BCUT2D eigenvalue weighted by Crippen LogP contribution is -2.37. The number of hydrogen-bond donors (Lipinski definition) is 2. The third-order valence-electron chi connectivity index (χ3n) is 3.69. The second kappa shape index (κ2) is 5.81. The molecule has 0 saturated heterocycles. The Morgan fingerprint density at radius 3 is 2.63 bits per heavy atom. The van der Waals surface area contributed by atoms with Crippen LogP contribution in [0.25, 0.3) is 0 Å². The van der Waals surface area contributed by atoms with Gasteiger partial charge in [-0.3, -0.25) is 0 Å². The highest BCUT2D eigenvalue weighted by Gasteiger charge is 2.27. The summed E-state index contributed by atoms with van der Waals surface area (Å²) in [5.41, 5.74) is 6.11. The standard InChI is InChI=1S/C13H19BrN2O2S/c1-9(10-4-2-3-5-10)16-19(17,18)13-8-11(15)6-7-12(13)14/h6-10,16H,2-5,15H2,1H3. The van der Waals surface area contributed by atoms with E-state index in [0.717, 1.165) is 12.8 Å². The third-order valence-corrected chi connectivity index (χ3v) is 6.25. The number of benzene rings is 1. The van der Waals surface area contributed by atoms with Crippen LogP contribution in [0.3, 0.4) is 0 Å². The molecule has 1 aliphatic carbocycles. The van der Waals surface area contributed by atoms with E-state index in [2.05, 4.69) is 20.7 Å². The number of nitrogens with one attached hydrogen (secondary N) is 1. The lowest BCUT2D eigenvalue weighted by molar-refractivity contribution is 0.424. The zero-order chi connectivity index (χ0) is 14.0. The summed E-state index contributed by atoms with van der Waals surface area (Å²) in [5, 5.41) is 0. The van der Waals surface area contributed by atoms with E-state index >= 15 is 0 Å². The van der Waals surface area contributed by atoms with Gasteiger partial charge in [-0.05, 0) is 59.8 Å². The molecule has 0 heterocycles. The van der Waals surface area contributed by atoms with Gasteiger partial charge >= 0.3 is 0 Å². The van der Waals surface area contributed by atoms with Crippen LogP contribution < -0.4 is 10.5 Å². The maximum Gasteiger partial charge on any atom is 0.242 e. The fraction of sp³-hybridized carbons (Fsp3) is 0.538. The molecule has 0 spiro atoms. The van der Waals surface area contributed by atoms with E-state index in [1.54, 1.807) is 12.1 Å². The van der Waals surface area contributed by atoms with Gasteiger partial charge in [0.25, 0.3) is 0 Å². The summed E-state index contributed by atoms with van der Waals surface area (Å²) < 4.78 is 28.1. The van der Waals surface area contributed by atoms with Gasteiger partial charge in [0.2, 0.25) is 10.0 Å². The Labute approximate surface area is 122 Å². The molecule has 0 aromatic heterocycles. The molecule has 1 aromatic rings. The fourth-order valence-corrected chi connectivity index (χ4v) is 4.90. The quantitative estimate of drug-likeness (QED) is 0.823. The van der Waals surface area contributed by atoms with Crippen LogP contribution in [0.4, 0.5) is 5.69 Å². The van der Waals surface area contributed by atoms with Crippen molar-refractivity contribution >= 4 is 31.6 Å². The van der Waals surface area contributed by atoms with Crippen molar-refractivity contribution in [1.29, 1.82) is 0 Å². The van der Waals surface area contributed by atoms with Gasteiger partial charge in [-0.2, -0.15) is 0 Å². The monoisotopic (exact) mass is 346 g/mol. The number of nitrogens with two attached hydrogens (primary N) is 1. The van der Waals surface area contributed by atoms with Gasteiger partial charge in [-0.1, -0.05) is 12.8 Å². The first-order valence-electron chi connectivity index (χ1n) is 6.47. The summed E-state index contributed by atoms with van der Waals surface area (Å²) in [6.07, 6.45) is 4.58. The third kappa shape index (κ3) is 3.49. The number of hydrogen-bond acceptors (Lipinski definition) is 3. The van der Waals surface area contributed by atoms with E-state index in [0.29, 0.717) is 16.1 Å². The van der Waals surface area contributed by atoms with E-state index in [1.165, 1.54) is 18.9 Å². The minimum atomic E-state index is -3.53. The van der Waals surface area contributed by atoms with Crippen molar-refractivity contribution in [3.63, 3.8) is 0 Å². The van der Waals surface area contributed by atoms with Crippen molar-refractivity contribution in [3.05, 3.63) is 22.7 Å². The molecule has 6 heteroatoms. The van der Waals surface area contributed by atoms with Crippen LogP contribution in [0, 0.1) is 5.92 Å². The molecule has 4 nitrogen and oxygen atoms in total. The molecule has 1 atom stereocenters. The van der Waals surface area contributed by atoms with Crippen LogP contribution in [0.1, 0.15) is 32.6 Å². The van der Waals surface area contributed by atoms with Crippen molar-refractivity contribution in [1.82, 2.24) is 4.72 Å². The molecular weight excluding hydrogens is 328 g/mol. The molecule has 3 N–H and O–H groups in total. The van der Waals surface area contributed by atoms with Crippen LogP contribution in [-0.4, -0.2) is 14.5 Å². The first-order valence-corrected chi connectivity index (χ1v) is 8.75. The number of rotatable bonds is 4. The summed E-state index contributed by atoms with van der Waals surface area (Å²) in [6, 6.07) is 4.77. The van der Waals surface area contributed by atoms with Crippen LogP contribution in [0.15, 0.2) is 27.6 Å². The number of halogens is 1. The zero-order valence-corrected chi connectivity index (χ0v) is 13.3. The van der Waals surface area contributed by atoms with E-state index < -0.39 is 10.0 Å². The molecule has 19 heavy (non-hydrogen) atoms. The summed E-state index contributed by atoms with van der Waals surface area (Å²) in [5.74, 6) is 0.439. The Bertz CT molecular complexity index is 554. The summed E-state index contributed by atoms with van der Waals surface area (Å²) in [6.45, 7) is 1.94. The van der Waals surface area contributed by atoms with E-state index in [9.17, 15) is 8.42 Å². The molecule has 0 amide bonds. The highest BCUT2D eigenvalue weighted by atomic mass is 79.9. The largest absolute Gasteiger partial charge is 0.399 e. The Morgan fingerprint density at radius 2 is 2.00 bits per heavy atom. The SMILES string of the molecule is CC(NS(=O)(=O)c1cc(N)ccc1Br)C1CCCC1. The molecule has 2 rings (SSSR count). The predicted octanol–water partition coefficient (Wildman–Crippen LogP) is 2.89. The van der Waals surface area contributed by atoms with Crippen LogP contribution in [-0.2, 0) is 10.0 Å². The molecule has 0 aliphatic heterocycles. The van der Waals surface area contributed by atoms with Gasteiger partial charge in [0, 0.05) is 16.2 Å². The Morgan fingerprint density at radius 1 is 1.37 bits per heavy atom. The maximum absolute atomic E-state index is 12.4. The van der Waals surface area contributed by atoms with Crippen molar-refractivity contribution in [3.8, 4) is 0 Å². The van der Waals surface area contributed by atoms with Crippen molar-refractivity contribution in [2.24, 2.45) is 5.92 Å². The van der Waals surface area contributed by atoms with Crippen LogP contribution in [0.5, 0.6) is 0 Å². The van der Waals surface area contributed by atoms with Crippen molar-refractivity contribution < 1.29 is 8.42 Å². The smallest absolute Gasteiger partial charge is 0.242 e. The molecule has 106 valence electrons. The van der Waals surface area contributed by atoms with Crippen LogP contribution >= 0.6 is 15.9 Å². The molecule has 0 bridgehead atoms. The topological polar surface area (TPSA) is 72.2 Å². The van der Waals surface area contributed by atoms with Crippen molar-refractivity contribution in [2.75, 3.05) is 5.73 Å². The average molecular weight is 347 g/mol. The molecule has 1 aromatic carbocycles. The lowest BCUT2D eigenvalue weighted by Gasteiger charge is -2.20. The second-order valence-corrected chi connectivity index (χ2v) is 7.68. The Balaban J connectivity index is 2.19. The van der Waals surface area contributed by atoms with E-state index in [1.807, 2.05) is 6.92 Å². The van der Waals surface area contributed by atoms with Crippen molar-refractivity contribution in [2.45, 2.75) is 43.5 Å². The lowest BCUT2D eigenvalue weighted by atomic mass is 10.0. The first-order chi connectivity index (χ1) is 8.90. The Hall–Kier alpha value is -0.590. The highest BCUT2D eigenvalue weighted by Crippen LogP contribution is 2.29.